The van der Waals surface area contributed by atoms with Gasteiger partial charge in [-0.1, -0.05) is 12.6 Å². The zero-order valence-electron chi connectivity index (χ0n) is 6.20. The molecule has 0 aliphatic heterocycles. The van der Waals surface area contributed by atoms with Gasteiger partial charge in [0.25, 0.3) is 0 Å². The molecule has 1 aromatic carbocycles. The van der Waals surface area contributed by atoms with Crippen LogP contribution in [0.5, 0.6) is 0 Å². The highest BCUT2D eigenvalue weighted by molar-refractivity contribution is 7.94. The van der Waals surface area contributed by atoms with Crippen LogP contribution in [-0.2, 0) is 9.84 Å². The Kier molecular flexibility index (Phi) is 2.28. The first-order valence-corrected chi connectivity index (χ1v) is 4.74. The second-order valence-corrected chi connectivity index (χ2v) is 4.06. The standard InChI is InChI=1S/C8H7FO2S/c1-2-12(10,11)8-5-3-4-7(9)6-8/h2-6H,1H2. The van der Waals surface area contributed by atoms with E-state index in [-0.39, 0.29) is 4.90 Å². The van der Waals surface area contributed by atoms with Crippen LogP contribution in [0.1, 0.15) is 0 Å². The van der Waals surface area contributed by atoms with Gasteiger partial charge in [-0.25, -0.2) is 12.8 Å². The van der Waals surface area contributed by atoms with E-state index in [0.29, 0.717) is 0 Å². The maximum atomic E-state index is 12.5. The van der Waals surface area contributed by atoms with Crippen molar-refractivity contribution in [3.63, 3.8) is 0 Å². The third-order valence-electron chi connectivity index (χ3n) is 1.34. The largest absolute Gasteiger partial charge is 0.219 e. The monoisotopic (exact) mass is 186 g/mol. The molecule has 0 atom stereocenters. The van der Waals surface area contributed by atoms with Crippen LogP contribution < -0.4 is 0 Å². The Morgan fingerprint density at radius 1 is 1.42 bits per heavy atom. The van der Waals surface area contributed by atoms with Crippen LogP contribution in [-0.4, -0.2) is 8.42 Å². The molecule has 0 saturated heterocycles. The fraction of sp³-hybridized carbons (Fsp3) is 0. The predicted octanol–water partition coefficient (Wildman–Crippen LogP) is 1.74. The molecule has 1 aromatic rings. The molecule has 12 heavy (non-hydrogen) atoms. The minimum atomic E-state index is -3.50. The van der Waals surface area contributed by atoms with Crippen molar-refractivity contribution in [2.45, 2.75) is 4.90 Å². The normalized spacial score (nSPS) is 11.1. The first kappa shape index (κ1) is 8.93. The maximum Gasteiger partial charge on any atom is 0.199 e. The van der Waals surface area contributed by atoms with E-state index in [9.17, 15) is 12.8 Å². The van der Waals surface area contributed by atoms with Gasteiger partial charge in [-0.15, -0.1) is 0 Å². The van der Waals surface area contributed by atoms with E-state index < -0.39 is 15.7 Å². The SMILES string of the molecule is C=CS(=O)(=O)c1cccc(F)c1. The van der Waals surface area contributed by atoms with Gasteiger partial charge in [-0.05, 0) is 18.2 Å². The Morgan fingerprint density at radius 2 is 2.08 bits per heavy atom. The quantitative estimate of drug-likeness (QED) is 0.705. The van der Waals surface area contributed by atoms with Gasteiger partial charge < -0.3 is 0 Å². The van der Waals surface area contributed by atoms with Crippen molar-refractivity contribution < 1.29 is 12.8 Å². The molecular weight excluding hydrogens is 179 g/mol. The average Bonchev–Trinajstić information content (AvgIpc) is 2.05. The van der Waals surface area contributed by atoms with E-state index in [4.69, 9.17) is 0 Å². The number of halogens is 1. The van der Waals surface area contributed by atoms with Gasteiger partial charge in [-0.3, -0.25) is 0 Å². The van der Waals surface area contributed by atoms with E-state index in [1.807, 2.05) is 0 Å². The summed E-state index contributed by atoms with van der Waals surface area (Å²) in [6, 6.07) is 4.80. The number of rotatable bonds is 2. The third-order valence-corrected chi connectivity index (χ3v) is 2.69. The molecule has 0 radical (unpaired) electrons. The van der Waals surface area contributed by atoms with Gasteiger partial charge in [0, 0.05) is 5.41 Å². The molecule has 2 nitrogen and oxygen atoms in total. The zero-order valence-corrected chi connectivity index (χ0v) is 7.01. The van der Waals surface area contributed by atoms with Gasteiger partial charge >= 0.3 is 0 Å². The van der Waals surface area contributed by atoms with Crippen LogP contribution in [0.15, 0.2) is 41.1 Å². The third kappa shape index (κ3) is 1.71. The van der Waals surface area contributed by atoms with Crippen LogP contribution in [0.25, 0.3) is 0 Å². The summed E-state index contributed by atoms with van der Waals surface area (Å²) in [4.78, 5) is -0.0718. The summed E-state index contributed by atoms with van der Waals surface area (Å²) < 4.78 is 34.7. The van der Waals surface area contributed by atoms with E-state index in [1.165, 1.54) is 18.2 Å². The van der Waals surface area contributed by atoms with E-state index >= 15 is 0 Å². The molecule has 0 aliphatic carbocycles. The summed E-state index contributed by atoms with van der Waals surface area (Å²) in [7, 11) is -3.50. The molecule has 0 N–H and O–H groups in total. The van der Waals surface area contributed by atoms with Crippen molar-refractivity contribution in [1.82, 2.24) is 0 Å². The highest BCUT2D eigenvalue weighted by Gasteiger charge is 2.08. The fourth-order valence-corrected chi connectivity index (χ4v) is 1.48. The second kappa shape index (κ2) is 3.06. The van der Waals surface area contributed by atoms with Gasteiger partial charge in [0.1, 0.15) is 5.82 Å². The summed E-state index contributed by atoms with van der Waals surface area (Å²) in [6.45, 7) is 3.13. The molecule has 0 heterocycles. The highest BCUT2D eigenvalue weighted by atomic mass is 32.2. The molecule has 64 valence electrons. The molecular formula is C8H7FO2S. The van der Waals surface area contributed by atoms with Crippen LogP contribution in [0.4, 0.5) is 4.39 Å². The summed E-state index contributed by atoms with van der Waals surface area (Å²) >= 11 is 0. The molecule has 0 aromatic heterocycles. The lowest BCUT2D eigenvalue weighted by Gasteiger charge is -1.96. The molecule has 0 saturated carbocycles. The van der Waals surface area contributed by atoms with Gasteiger partial charge in [0.15, 0.2) is 9.84 Å². The molecule has 1 rings (SSSR count). The van der Waals surface area contributed by atoms with Crippen molar-refractivity contribution in [2.75, 3.05) is 0 Å². The van der Waals surface area contributed by atoms with Crippen LogP contribution in [0, 0.1) is 5.82 Å². The van der Waals surface area contributed by atoms with Gasteiger partial charge in [0.05, 0.1) is 4.90 Å². The van der Waals surface area contributed by atoms with Gasteiger partial charge in [-0.2, -0.15) is 0 Å². The number of sulfone groups is 1. The van der Waals surface area contributed by atoms with Gasteiger partial charge in [0.2, 0.25) is 0 Å². The molecule has 0 amide bonds. The molecule has 0 bridgehead atoms. The number of benzene rings is 1. The molecule has 0 unspecified atom stereocenters. The molecule has 0 fully saturated rings. The first-order valence-electron chi connectivity index (χ1n) is 3.19. The Hall–Kier alpha value is -1.16. The molecule has 0 aliphatic rings. The predicted molar refractivity (Wildman–Crippen MR) is 43.8 cm³/mol. The fourth-order valence-electron chi connectivity index (χ4n) is 0.740. The van der Waals surface area contributed by atoms with Crippen LogP contribution in [0.3, 0.4) is 0 Å². The zero-order chi connectivity index (χ0) is 9.19. The topological polar surface area (TPSA) is 34.1 Å². The Balaban J connectivity index is 3.30. The summed E-state index contributed by atoms with van der Waals surface area (Å²) in [5.41, 5.74) is 0. The summed E-state index contributed by atoms with van der Waals surface area (Å²) in [5, 5.41) is 0.793. The number of hydrogen-bond donors (Lipinski definition) is 0. The Labute approximate surface area is 70.3 Å². The van der Waals surface area contributed by atoms with E-state index in [1.54, 1.807) is 0 Å². The van der Waals surface area contributed by atoms with Crippen molar-refractivity contribution in [3.05, 3.63) is 42.1 Å². The lowest BCUT2D eigenvalue weighted by molar-refractivity contribution is 0.598. The Bertz CT molecular complexity index is 395. The molecule has 0 spiro atoms. The van der Waals surface area contributed by atoms with E-state index in [0.717, 1.165) is 11.5 Å². The van der Waals surface area contributed by atoms with Crippen molar-refractivity contribution >= 4 is 9.84 Å². The second-order valence-electron chi connectivity index (χ2n) is 2.17. The van der Waals surface area contributed by atoms with Crippen molar-refractivity contribution in [1.29, 1.82) is 0 Å². The summed E-state index contributed by atoms with van der Waals surface area (Å²) in [5.74, 6) is -0.571. The minimum absolute atomic E-state index is 0.0718. The van der Waals surface area contributed by atoms with Crippen LogP contribution in [0.2, 0.25) is 0 Å². The molecule has 4 heteroatoms. The van der Waals surface area contributed by atoms with Crippen molar-refractivity contribution in [2.24, 2.45) is 0 Å². The lowest BCUT2D eigenvalue weighted by Crippen LogP contribution is -1.95. The average molecular weight is 186 g/mol. The Morgan fingerprint density at radius 3 is 2.58 bits per heavy atom. The maximum absolute atomic E-state index is 12.5. The minimum Gasteiger partial charge on any atom is -0.219 e. The highest BCUT2D eigenvalue weighted by Crippen LogP contribution is 2.12. The number of hydrogen-bond acceptors (Lipinski definition) is 2. The lowest BCUT2D eigenvalue weighted by atomic mass is 10.4. The van der Waals surface area contributed by atoms with Crippen LogP contribution >= 0.6 is 0 Å². The smallest absolute Gasteiger partial charge is 0.199 e. The van der Waals surface area contributed by atoms with Crippen molar-refractivity contribution in [3.8, 4) is 0 Å². The van der Waals surface area contributed by atoms with E-state index in [2.05, 4.69) is 6.58 Å². The first-order chi connectivity index (χ1) is 5.56. The summed E-state index contributed by atoms with van der Waals surface area (Å²) in [6.07, 6.45) is 0.